The first-order chi connectivity index (χ1) is 6.22. The Morgan fingerprint density at radius 2 is 2.08 bits per heavy atom. The molecule has 0 saturated heterocycles. The molecule has 0 aromatic heterocycles. The molecule has 0 bridgehead atoms. The van der Waals surface area contributed by atoms with Crippen LogP contribution in [0.1, 0.15) is 51.9 Å². The molecule has 1 aliphatic rings. The first kappa shape index (κ1) is 10.8. The molecule has 0 aromatic carbocycles. The van der Waals surface area contributed by atoms with Crippen LogP contribution < -0.4 is 5.73 Å². The lowest BCUT2D eigenvalue weighted by molar-refractivity contribution is 0.427. The van der Waals surface area contributed by atoms with Crippen molar-refractivity contribution in [1.82, 2.24) is 0 Å². The van der Waals surface area contributed by atoms with Crippen molar-refractivity contribution in [1.29, 1.82) is 0 Å². The van der Waals surface area contributed by atoms with Crippen molar-refractivity contribution in [3.05, 3.63) is 12.2 Å². The molecule has 1 fully saturated rings. The molecule has 0 radical (unpaired) electrons. The van der Waals surface area contributed by atoms with E-state index in [1.165, 1.54) is 44.1 Å². The third-order valence-electron chi connectivity index (χ3n) is 3.15. The minimum atomic E-state index is 0.456. The Morgan fingerprint density at radius 3 is 2.77 bits per heavy atom. The number of hydrogen-bond donors (Lipinski definition) is 1. The third-order valence-corrected chi connectivity index (χ3v) is 3.15. The van der Waals surface area contributed by atoms with Gasteiger partial charge in [-0.1, -0.05) is 38.3 Å². The molecule has 76 valence electrons. The summed E-state index contributed by atoms with van der Waals surface area (Å²) < 4.78 is 0. The average molecular weight is 181 g/mol. The van der Waals surface area contributed by atoms with Gasteiger partial charge in [0.05, 0.1) is 0 Å². The van der Waals surface area contributed by atoms with Crippen molar-refractivity contribution >= 4 is 0 Å². The van der Waals surface area contributed by atoms with Crippen LogP contribution in [-0.4, -0.2) is 6.04 Å². The summed E-state index contributed by atoms with van der Waals surface area (Å²) in [6.07, 6.45) is 8.86. The molecule has 0 heterocycles. The Hall–Kier alpha value is -0.300. The van der Waals surface area contributed by atoms with Crippen molar-refractivity contribution in [3.8, 4) is 0 Å². The van der Waals surface area contributed by atoms with Crippen molar-refractivity contribution in [2.24, 2.45) is 11.7 Å². The van der Waals surface area contributed by atoms with E-state index in [2.05, 4.69) is 13.5 Å². The molecule has 1 heteroatoms. The lowest BCUT2D eigenvalue weighted by Gasteiger charge is -2.17. The first-order valence-corrected chi connectivity index (χ1v) is 5.64. The second-order valence-electron chi connectivity index (χ2n) is 4.45. The summed E-state index contributed by atoms with van der Waals surface area (Å²) in [5, 5.41) is 0. The van der Waals surface area contributed by atoms with Crippen LogP contribution in [-0.2, 0) is 0 Å². The molecule has 2 N–H and O–H groups in total. The van der Waals surface area contributed by atoms with Gasteiger partial charge in [-0.25, -0.2) is 0 Å². The number of hydrogen-bond acceptors (Lipinski definition) is 1. The van der Waals surface area contributed by atoms with Crippen molar-refractivity contribution in [2.75, 3.05) is 0 Å². The zero-order valence-corrected chi connectivity index (χ0v) is 8.89. The molecule has 0 spiro atoms. The van der Waals surface area contributed by atoms with Crippen LogP contribution in [0.4, 0.5) is 0 Å². The van der Waals surface area contributed by atoms with E-state index in [-0.39, 0.29) is 0 Å². The predicted octanol–water partition coefficient (Wildman–Crippen LogP) is 3.25. The Labute approximate surface area is 82.4 Å². The maximum atomic E-state index is 6.01. The van der Waals surface area contributed by atoms with Crippen LogP contribution in [0.25, 0.3) is 0 Å². The minimum Gasteiger partial charge on any atom is -0.328 e. The van der Waals surface area contributed by atoms with E-state index >= 15 is 0 Å². The van der Waals surface area contributed by atoms with E-state index in [0.29, 0.717) is 6.04 Å². The molecule has 0 aromatic rings. The van der Waals surface area contributed by atoms with Crippen LogP contribution in [0.15, 0.2) is 12.2 Å². The van der Waals surface area contributed by atoms with Gasteiger partial charge in [0.25, 0.3) is 0 Å². The quantitative estimate of drug-likeness (QED) is 0.525. The van der Waals surface area contributed by atoms with Gasteiger partial charge in [0, 0.05) is 6.04 Å². The van der Waals surface area contributed by atoms with Crippen LogP contribution in [0.2, 0.25) is 0 Å². The summed E-state index contributed by atoms with van der Waals surface area (Å²) >= 11 is 0. The standard InChI is InChI=1S/C12H23N/c1-3-10(2)8-11-6-4-5-7-12(13)9-11/h11-12H,2-9,13H2,1H3. The van der Waals surface area contributed by atoms with Gasteiger partial charge in [-0.3, -0.25) is 0 Å². The molecule has 0 aliphatic heterocycles. The smallest absolute Gasteiger partial charge is 0.00415 e. The Bertz CT molecular complexity index is 163. The SMILES string of the molecule is C=C(CC)CC1CCCCC(N)C1. The highest BCUT2D eigenvalue weighted by atomic mass is 14.6. The van der Waals surface area contributed by atoms with E-state index in [1.54, 1.807) is 0 Å². The molecular weight excluding hydrogens is 158 g/mol. The number of rotatable bonds is 3. The van der Waals surface area contributed by atoms with Crippen molar-refractivity contribution in [3.63, 3.8) is 0 Å². The van der Waals surface area contributed by atoms with Crippen LogP contribution >= 0.6 is 0 Å². The van der Waals surface area contributed by atoms with Crippen LogP contribution in [0.5, 0.6) is 0 Å². The molecule has 13 heavy (non-hydrogen) atoms. The largest absolute Gasteiger partial charge is 0.328 e. The molecule has 2 unspecified atom stereocenters. The minimum absolute atomic E-state index is 0.456. The summed E-state index contributed by atoms with van der Waals surface area (Å²) in [6.45, 7) is 6.28. The predicted molar refractivity (Wildman–Crippen MR) is 58.6 cm³/mol. The topological polar surface area (TPSA) is 26.0 Å². The first-order valence-electron chi connectivity index (χ1n) is 5.64. The van der Waals surface area contributed by atoms with Gasteiger partial charge in [-0.15, -0.1) is 0 Å². The molecule has 2 atom stereocenters. The van der Waals surface area contributed by atoms with Gasteiger partial charge in [0.2, 0.25) is 0 Å². The Kier molecular flexibility index (Phi) is 4.51. The van der Waals surface area contributed by atoms with Gasteiger partial charge in [0.1, 0.15) is 0 Å². The fraction of sp³-hybridized carbons (Fsp3) is 0.833. The molecule has 1 aliphatic carbocycles. The van der Waals surface area contributed by atoms with Crippen LogP contribution in [0, 0.1) is 5.92 Å². The van der Waals surface area contributed by atoms with Crippen LogP contribution in [0.3, 0.4) is 0 Å². The van der Waals surface area contributed by atoms with E-state index in [9.17, 15) is 0 Å². The summed E-state index contributed by atoms with van der Waals surface area (Å²) in [7, 11) is 0. The number of allylic oxidation sites excluding steroid dienone is 1. The fourth-order valence-corrected chi connectivity index (χ4v) is 2.24. The highest BCUT2D eigenvalue weighted by molar-refractivity contribution is 4.95. The monoisotopic (exact) mass is 181 g/mol. The van der Waals surface area contributed by atoms with Gasteiger partial charge in [0.15, 0.2) is 0 Å². The van der Waals surface area contributed by atoms with Gasteiger partial charge < -0.3 is 5.73 Å². The lowest BCUT2D eigenvalue weighted by Crippen LogP contribution is -2.21. The summed E-state index contributed by atoms with van der Waals surface area (Å²) in [4.78, 5) is 0. The zero-order chi connectivity index (χ0) is 9.68. The van der Waals surface area contributed by atoms with E-state index in [0.717, 1.165) is 12.3 Å². The van der Waals surface area contributed by atoms with Gasteiger partial charge >= 0.3 is 0 Å². The number of nitrogens with two attached hydrogens (primary N) is 1. The summed E-state index contributed by atoms with van der Waals surface area (Å²) in [5.74, 6) is 0.824. The third kappa shape index (κ3) is 3.95. The van der Waals surface area contributed by atoms with Crippen molar-refractivity contribution < 1.29 is 0 Å². The van der Waals surface area contributed by atoms with E-state index in [4.69, 9.17) is 5.73 Å². The average Bonchev–Trinajstić information content (AvgIpc) is 2.30. The molecule has 1 nitrogen and oxygen atoms in total. The highest BCUT2D eigenvalue weighted by Gasteiger charge is 2.17. The van der Waals surface area contributed by atoms with Crippen molar-refractivity contribution in [2.45, 2.75) is 57.9 Å². The lowest BCUT2D eigenvalue weighted by atomic mass is 9.91. The van der Waals surface area contributed by atoms with Gasteiger partial charge in [-0.2, -0.15) is 0 Å². The second-order valence-corrected chi connectivity index (χ2v) is 4.45. The van der Waals surface area contributed by atoms with Gasteiger partial charge in [-0.05, 0) is 31.6 Å². The molecule has 0 amide bonds. The van der Waals surface area contributed by atoms with E-state index in [1.807, 2.05) is 0 Å². The maximum absolute atomic E-state index is 6.01. The summed E-state index contributed by atoms with van der Waals surface area (Å²) in [6, 6.07) is 0.456. The summed E-state index contributed by atoms with van der Waals surface area (Å²) in [5.41, 5.74) is 7.41. The normalized spacial score (nSPS) is 29.7. The fourth-order valence-electron chi connectivity index (χ4n) is 2.24. The Morgan fingerprint density at radius 1 is 1.38 bits per heavy atom. The highest BCUT2D eigenvalue weighted by Crippen LogP contribution is 2.27. The Balaban J connectivity index is 2.34. The van der Waals surface area contributed by atoms with E-state index < -0.39 is 0 Å². The zero-order valence-electron chi connectivity index (χ0n) is 8.89. The maximum Gasteiger partial charge on any atom is 0.00415 e. The second kappa shape index (κ2) is 5.43. The molecule has 1 rings (SSSR count). The molecular formula is C12H23N. The molecule has 1 saturated carbocycles.